The Balaban J connectivity index is 1.67. The maximum atomic E-state index is 13.5. The minimum atomic E-state index is -3.90. The largest absolute Gasteiger partial charge is 0.497 e. The average molecular weight is 520 g/mol. The van der Waals surface area contributed by atoms with Crippen molar-refractivity contribution in [2.24, 2.45) is 0 Å². The number of benzene rings is 4. The maximum absolute atomic E-state index is 13.5. The predicted octanol–water partition coefficient (Wildman–Crippen LogP) is 6.94. The normalized spacial score (nSPS) is 11.6. The molecule has 0 unspecified atom stereocenters. The van der Waals surface area contributed by atoms with Gasteiger partial charge in [-0.1, -0.05) is 84.4 Å². The van der Waals surface area contributed by atoms with E-state index in [1.807, 2.05) is 84.2 Å². The topological polar surface area (TPSA) is 72.7 Å². The van der Waals surface area contributed by atoms with Crippen LogP contribution in [0.15, 0.2) is 114 Å². The van der Waals surface area contributed by atoms with Gasteiger partial charge in [0, 0.05) is 10.9 Å². The molecule has 0 saturated carbocycles. The molecule has 6 aromatic rings. The number of fused-ring (bicyclic) bond motifs is 3. The highest BCUT2D eigenvalue weighted by Gasteiger charge is 2.24. The van der Waals surface area contributed by atoms with Crippen molar-refractivity contribution in [3.05, 3.63) is 115 Å². The first-order valence-corrected chi connectivity index (χ1v) is 13.7. The van der Waals surface area contributed by atoms with Crippen LogP contribution in [0.2, 0.25) is 0 Å². The van der Waals surface area contributed by atoms with E-state index < -0.39 is 10.0 Å². The van der Waals surface area contributed by atoms with Crippen molar-refractivity contribution >= 4 is 32.1 Å². The summed E-state index contributed by atoms with van der Waals surface area (Å²) in [5, 5.41) is 6.87. The second-order valence-corrected chi connectivity index (χ2v) is 10.8. The number of aryl methyl sites for hydroxylation is 1. The van der Waals surface area contributed by atoms with Gasteiger partial charge in [0.1, 0.15) is 5.75 Å². The third-order valence-corrected chi connectivity index (χ3v) is 7.99. The fraction of sp³-hybridized carbons (Fsp3) is 0.0645. The Hall–Kier alpha value is -4.62. The molecule has 4 aromatic carbocycles. The molecule has 0 saturated heterocycles. The molecule has 0 spiro atoms. The number of anilines is 1. The van der Waals surface area contributed by atoms with Crippen molar-refractivity contribution in [1.82, 2.24) is 9.61 Å². The van der Waals surface area contributed by atoms with Crippen LogP contribution < -0.4 is 9.46 Å². The van der Waals surface area contributed by atoms with Gasteiger partial charge in [-0.3, -0.25) is 4.72 Å². The molecule has 2 aromatic heterocycles. The summed E-state index contributed by atoms with van der Waals surface area (Å²) in [6.07, 6.45) is 0. The van der Waals surface area contributed by atoms with Crippen molar-refractivity contribution < 1.29 is 13.2 Å². The number of pyridine rings is 1. The highest BCUT2D eigenvalue weighted by molar-refractivity contribution is 7.92. The van der Waals surface area contributed by atoms with Gasteiger partial charge in [-0.15, -0.1) is 5.10 Å². The molecule has 1 N–H and O–H groups in total. The van der Waals surface area contributed by atoms with Crippen LogP contribution in [0, 0.1) is 6.92 Å². The number of hydrogen-bond donors (Lipinski definition) is 1. The Morgan fingerprint density at radius 3 is 2.18 bits per heavy atom. The Bertz CT molecular complexity index is 1880. The van der Waals surface area contributed by atoms with E-state index in [0.717, 1.165) is 38.7 Å². The molecule has 6 rings (SSSR count). The molecule has 0 bridgehead atoms. The summed E-state index contributed by atoms with van der Waals surface area (Å²) in [5.41, 5.74) is 5.13. The fourth-order valence-electron chi connectivity index (χ4n) is 4.71. The SMILES string of the molecule is COc1ccc(-c2c(NS(=O)(=O)c3ccc(C)cc3)nn3c(-c4ccccc4)cc4ccccc4c23)cc1. The number of nitrogens with zero attached hydrogens (tertiary/aromatic N) is 2. The minimum absolute atomic E-state index is 0.175. The molecule has 0 aliphatic heterocycles. The summed E-state index contributed by atoms with van der Waals surface area (Å²) in [6.45, 7) is 1.92. The van der Waals surface area contributed by atoms with Gasteiger partial charge in [-0.2, -0.15) is 0 Å². The summed E-state index contributed by atoms with van der Waals surface area (Å²) in [6, 6.07) is 34.4. The second-order valence-electron chi connectivity index (χ2n) is 9.11. The molecule has 6 nitrogen and oxygen atoms in total. The molecular formula is C31H25N3O3S. The van der Waals surface area contributed by atoms with Crippen molar-refractivity contribution in [3.63, 3.8) is 0 Å². The molecule has 0 aliphatic rings. The van der Waals surface area contributed by atoms with Crippen molar-refractivity contribution in [2.45, 2.75) is 11.8 Å². The molecule has 2 heterocycles. The van der Waals surface area contributed by atoms with Crippen LogP contribution in [0.5, 0.6) is 5.75 Å². The summed E-state index contributed by atoms with van der Waals surface area (Å²) >= 11 is 0. The average Bonchev–Trinajstić information content (AvgIpc) is 3.31. The van der Waals surface area contributed by atoms with Crippen LogP contribution in [0.1, 0.15) is 5.56 Å². The van der Waals surface area contributed by atoms with Crippen LogP contribution >= 0.6 is 0 Å². The second kappa shape index (κ2) is 9.36. The Morgan fingerprint density at radius 2 is 1.47 bits per heavy atom. The third kappa shape index (κ3) is 4.17. The zero-order valence-corrected chi connectivity index (χ0v) is 21.7. The first kappa shape index (κ1) is 23.8. The zero-order valence-electron chi connectivity index (χ0n) is 20.9. The van der Waals surface area contributed by atoms with Gasteiger partial charge < -0.3 is 4.74 Å². The van der Waals surface area contributed by atoms with Gasteiger partial charge in [0.05, 0.1) is 28.8 Å². The summed E-state index contributed by atoms with van der Waals surface area (Å²) < 4.78 is 37.0. The molecule has 7 heteroatoms. The summed E-state index contributed by atoms with van der Waals surface area (Å²) in [7, 11) is -2.29. The molecule has 188 valence electrons. The molecular weight excluding hydrogens is 494 g/mol. The van der Waals surface area contributed by atoms with Crippen molar-refractivity contribution in [3.8, 4) is 28.1 Å². The number of rotatable bonds is 6. The van der Waals surface area contributed by atoms with Gasteiger partial charge in [-0.05, 0) is 48.2 Å². The number of sulfonamides is 1. The first-order chi connectivity index (χ1) is 18.4. The minimum Gasteiger partial charge on any atom is -0.497 e. The van der Waals surface area contributed by atoms with E-state index in [1.54, 1.807) is 31.4 Å². The van der Waals surface area contributed by atoms with Crippen LogP contribution in [0.25, 0.3) is 38.7 Å². The fourth-order valence-corrected chi connectivity index (χ4v) is 5.72. The standard InChI is InChI=1S/C31H25N3O3S/c1-21-12-18-26(19-13-21)38(35,36)33-31-29(23-14-16-25(37-2)17-15-23)30-27-11-7-6-10-24(27)20-28(34(30)32-31)22-8-4-3-5-9-22/h3-20H,1-2H3,(H,32,33). The molecule has 0 radical (unpaired) electrons. The highest BCUT2D eigenvalue weighted by atomic mass is 32.2. The Labute approximate surface area is 221 Å². The van der Waals surface area contributed by atoms with Crippen LogP contribution in [-0.2, 0) is 10.0 Å². The summed E-state index contributed by atoms with van der Waals surface area (Å²) in [5.74, 6) is 0.964. The number of hydrogen-bond acceptors (Lipinski definition) is 4. The van der Waals surface area contributed by atoms with E-state index in [0.29, 0.717) is 11.3 Å². The Morgan fingerprint density at radius 1 is 0.789 bits per heavy atom. The number of ether oxygens (including phenoxy) is 1. The van der Waals surface area contributed by atoms with E-state index in [1.165, 1.54) is 0 Å². The van der Waals surface area contributed by atoms with E-state index >= 15 is 0 Å². The van der Waals surface area contributed by atoms with Crippen LogP contribution in [-0.4, -0.2) is 25.1 Å². The smallest absolute Gasteiger partial charge is 0.263 e. The van der Waals surface area contributed by atoms with Gasteiger partial charge in [0.2, 0.25) is 0 Å². The Kier molecular flexibility index (Phi) is 5.85. The lowest BCUT2D eigenvalue weighted by molar-refractivity contribution is 0.415. The van der Waals surface area contributed by atoms with Gasteiger partial charge in [-0.25, -0.2) is 12.9 Å². The van der Waals surface area contributed by atoms with E-state index in [4.69, 9.17) is 9.84 Å². The summed E-state index contributed by atoms with van der Waals surface area (Å²) in [4.78, 5) is 0.175. The first-order valence-electron chi connectivity index (χ1n) is 12.2. The lowest BCUT2D eigenvalue weighted by Gasteiger charge is -2.11. The number of methoxy groups -OCH3 is 1. The molecule has 0 atom stereocenters. The molecule has 0 fully saturated rings. The van der Waals surface area contributed by atoms with Crippen molar-refractivity contribution in [1.29, 1.82) is 0 Å². The van der Waals surface area contributed by atoms with Gasteiger partial charge in [0.15, 0.2) is 5.82 Å². The van der Waals surface area contributed by atoms with Gasteiger partial charge in [0.25, 0.3) is 10.0 Å². The molecule has 38 heavy (non-hydrogen) atoms. The van der Waals surface area contributed by atoms with Crippen LogP contribution in [0.3, 0.4) is 0 Å². The maximum Gasteiger partial charge on any atom is 0.263 e. The zero-order chi connectivity index (χ0) is 26.3. The lowest BCUT2D eigenvalue weighted by Crippen LogP contribution is -2.14. The molecule has 0 aliphatic carbocycles. The highest BCUT2D eigenvalue weighted by Crippen LogP contribution is 2.40. The number of aromatic nitrogens is 2. The lowest BCUT2D eigenvalue weighted by atomic mass is 10.0. The number of nitrogens with one attached hydrogen (secondary N) is 1. The monoisotopic (exact) mass is 519 g/mol. The van der Waals surface area contributed by atoms with Crippen molar-refractivity contribution in [2.75, 3.05) is 11.8 Å². The predicted molar refractivity (Wildman–Crippen MR) is 152 cm³/mol. The van der Waals surface area contributed by atoms with E-state index in [-0.39, 0.29) is 10.7 Å². The van der Waals surface area contributed by atoms with E-state index in [9.17, 15) is 8.42 Å². The quantitative estimate of drug-likeness (QED) is 0.259. The molecule has 0 amide bonds. The van der Waals surface area contributed by atoms with Gasteiger partial charge >= 0.3 is 0 Å². The van der Waals surface area contributed by atoms with Crippen LogP contribution in [0.4, 0.5) is 5.82 Å². The third-order valence-electron chi connectivity index (χ3n) is 6.63. The van der Waals surface area contributed by atoms with E-state index in [2.05, 4.69) is 16.9 Å².